The second-order valence-electron chi connectivity index (χ2n) is 5.46. The summed E-state index contributed by atoms with van der Waals surface area (Å²) in [5, 5.41) is 3.83. The Morgan fingerprint density at radius 1 is 1.23 bits per heavy atom. The number of halogens is 4. The Bertz CT molecular complexity index is 426. The molecule has 1 heterocycles. The minimum absolute atomic E-state index is 0. The van der Waals surface area contributed by atoms with E-state index in [1.165, 1.54) is 18.9 Å². The molecule has 6 heteroatoms. The maximum absolute atomic E-state index is 14.2. The molecule has 0 unspecified atom stereocenters. The van der Waals surface area contributed by atoms with E-state index in [9.17, 15) is 4.39 Å². The highest BCUT2D eigenvalue weighted by molar-refractivity contribution is 6.30. The molecule has 0 amide bonds. The van der Waals surface area contributed by atoms with Gasteiger partial charge in [0.2, 0.25) is 0 Å². The molecule has 2 rings (SSSR count). The van der Waals surface area contributed by atoms with Gasteiger partial charge in [0, 0.05) is 42.8 Å². The molecule has 1 aromatic carbocycles. The van der Waals surface area contributed by atoms with Crippen LogP contribution in [0.5, 0.6) is 0 Å². The molecule has 1 aliphatic heterocycles. The molecule has 0 aliphatic carbocycles. The van der Waals surface area contributed by atoms with E-state index in [1.54, 1.807) is 6.07 Å². The predicted molar refractivity (Wildman–Crippen MR) is 97.2 cm³/mol. The second kappa shape index (κ2) is 11.5. The Hall–Kier alpha value is -0.0600. The van der Waals surface area contributed by atoms with Crippen LogP contribution >= 0.6 is 36.4 Å². The number of piperazine rings is 1. The van der Waals surface area contributed by atoms with Crippen LogP contribution in [0.1, 0.15) is 44.2 Å². The van der Waals surface area contributed by atoms with Crippen LogP contribution in [0.2, 0.25) is 5.02 Å². The number of hydrogen-bond acceptors (Lipinski definition) is 2. The Morgan fingerprint density at radius 2 is 1.91 bits per heavy atom. The van der Waals surface area contributed by atoms with Crippen LogP contribution in [0.25, 0.3) is 0 Å². The van der Waals surface area contributed by atoms with Crippen LogP contribution in [0.15, 0.2) is 18.2 Å². The van der Waals surface area contributed by atoms with Crippen molar-refractivity contribution in [1.29, 1.82) is 0 Å². The smallest absolute Gasteiger partial charge is 0.129 e. The summed E-state index contributed by atoms with van der Waals surface area (Å²) in [6, 6.07) is 5.28. The first-order chi connectivity index (χ1) is 9.72. The average Bonchev–Trinajstić information content (AvgIpc) is 2.46. The molecule has 0 bridgehead atoms. The maximum Gasteiger partial charge on any atom is 0.129 e. The molecular weight excluding hydrogens is 346 g/mol. The lowest BCUT2D eigenvalue weighted by Gasteiger charge is -2.35. The van der Waals surface area contributed by atoms with E-state index < -0.39 is 0 Å². The maximum atomic E-state index is 14.2. The fraction of sp³-hybridized carbons (Fsp3) is 0.625. The van der Waals surface area contributed by atoms with E-state index in [1.807, 2.05) is 6.07 Å². The van der Waals surface area contributed by atoms with Crippen molar-refractivity contribution in [2.75, 3.05) is 26.2 Å². The fourth-order valence-electron chi connectivity index (χ4n) is 2.89. The summed E-state index contributed by atoms with van der Waals surface area (Å²) in [4.78, 5) is 2.40. The summed E-state index contributed by atoms with van der Waals surface area (Å²) >= 11 is 5.87. The zero-order valence-electron chi connectivity index (χ0n) is 13.0. The van der Waals surface area contributed by atoms with Gasteiger partial charge in [0.15, 0.2) is 0 Å². The van der Waals surface area contributed by atoms with Crippen LogP contribution in [0, 0.1) is 5.82 Å². The van der Waals surface area contributed by atoms with Gasteiger partial charge in [-0.15, -0.1) is 24.8 Å². The summed E-state index contributed by atoms with van der Waals surface area (Å²) in [6.45, 7) is 6.14. The van der Waals surface area contributed by atoms with Crippen LogP contribution in [-0.4, -0.2) is 31.1 Å². The van der Waals surface area contributed by atoms with Gasteiger partial charge >= 0.3 is 0 Å². The van der Waals surface area contributed by atoms with Crippen LogP contribution < -0.4 is 5.32 Å². The summed E-state index contributed by atoms with van der Waals surface area (Å²) in [5.74, 6) is -0.169. The van der Waals surface area contributed by atoms with Gasteiger partial charge in [-0.25, -0.2) is 4.39 Å². The van der Waals surface area contributed by atoms with Gasteiger partial charge in [0.1, 0.15) is 5.82 Å². The van der Waals surface area contributed by atoms with Gasteiger partial charge in [-0.3, -0.25) is 4.90 Å². The number of nitrogens with zero attached hydrogens (tertiary/aromatic N) is 1. The minimum Gasteiger partial charge on any atom is -0.314 e. The molecule has 1 fully saturated rings. The van der Waals surface area contributed by atoms with E-state index in [0.29, 0.717) is 5.02 Å². The van der Waals surface area contributed by atoms with Gasteiger partial charge in [0.25, 0.3) is 0 Å². The molecule has 1 aliphatic rings. The monoisotopic (exact) mass is 370 g/mol. The van der Waals surface area contributed by atoms with E-state index >= 15 is 0 Å². The van der Waals surface area contributed by atoms with Crippen molar-refractivity contribution in [2.45, 2.75) is 38.6 Å². The van der Waals surface area contributed by atoms with Crippen molar-refractivity contribution in [2.24, 2.45) is 0 Å². The standard InChI is InChI=1S/C16H24ClFN2.2ClH/c1-2-3-4-5-16(20-10-8-19-9-11-20)14-7-6-13(17)12-15(14)18;;/h6-7,12,16,19H,2-5,8-11H2,1H3;2*1H/t16-;;/m0../s1. The highest BCUT2D eigenvalue weighted by atomic mass is 35.5. The van der Waals surface area contributed by atoms with E-state index in [-0.39, 0.29) is 36.7 Å². The summed E-state index contributed by atoms with van der Waals surface area (Å²) in [5.41, 5.74) is 0.799. The predicted octanol–water partition coefficient (Wildman–Crippen LogP) is 4.85. The molecule has 22 heavy (non-hydrogen) atoms. The van der Waals surface area contributed by atoms with Gasteiger partial charge < -0.3 is 5.32 Å². The first-order valence-corrected chi connectivity index (χ1v) is 8.00. The van der Waals surface area contributed by atoms with Crippen molar-refractivity contribution in [3.05, 3.63) is 34.6 Å². The molecular formula is C16H26Cl3FN2. The minimum atomic E-state index is -0.169. The highest BCUT2D eigenvalue weighted by Crippen LogP contribution is 2.30. The van der Waals surface area contributed by atoms with E-state index in [0.717, 1.165) is 44.6 Å². The van der Waals surface area contributed by atoms with Gasteiger partial charge in [-0.05, 0) is 18.6 Å². The quantitative estimate of drug-likeness (QED) is 0.719. The third kappa shape index (κ3) is 6.21. The van der Waals surface area contributed by atoms with Crippen molar-refractivity contribution in [1.82, 2.24) is 10.2 Å². The largest absolute Gasteiger partial charge is 0.314 e. The van der Waals surface area contributed by atoms with Gasteiger partial charge in [0.05, 0.1) is 0 Å². The zero-order chi connectivity index (χ0) is 14.4. The van der Waals surface area contributed by atoms with Gasteiger partial charge in [-0.2, -0.15) is 0 Å². The molecule has 128 valence electrons. The van der Waals surface area contributed by atoms with Crippen molar-refractivity contribution in [3.8, 4) is 0 Å². The summed E-state index contributed by atoms with van der Waals surface area (Å²) in [7, 11) is 0. The summed E-state index contributed by atoms with van der Waals surface area (Å²) in [6.07, 6.45) is 4.56. The molecule has 1 aromatic rings. The second-order valence-corrected chi connectivity index (χ2v) is 5.90. The Balaban J connectivity index is 0.00000220. The van der Waals surface area contributed by atoms with Crippen molar-refractivity contribution in [3.63, 3.8) is 0 Å². The first kappa shape index (κ1) is 21.9. The molecule has 1 N–H and O–H groups in total. The van der Waals surface area contributed by atoms with Crippen LogP contribution in [0.4, 0.5) is 4.39 Å². The first-order valence-electron chi connectivity index (χ1n) is 7.62. The van der Waals surface area contributed by atoms with Crippen LogP contribution in [0.3, 0.4) is 0 Å². The zero-order valence-corrected chi connectivity index (χ0v) is 15.4. The molecule has 0 aromatic heterocycles. The molecule has 1 atom stereocenters. The number of benzene rings is 1. The lowest BCUT2D eigenvalue weighted by atomic mass is 9.97. The van der Waals surface area contributed by atoms with Crippen molar-refractivity contribution < 1.29 is 4.39 Å². The number of hydrogen-bond donors (Lipinski definition) is 1. The lowest BCUT2D eigenvalue weighted by Crippen LogP contribution is -2.45. The Kier molecular flexibility index (Phi) is 11.4. The topological polar surface area (TPSA) is 15.3 Å². The summed E-state index contributed by atoms with van der Waals surface area (Å²) < 4.78 is 14.2. The molecule has 0 saturated carbocycles. The number of nitrogens with one attached hydrogen (secondary N) is 1. The van der Waals surface area contributed by atoms with Gasteiger partial charge in [-0.1, -0.05) is 43.9 Å². The average molecular weight is 372 g/mol. The number of unbranched alkanes of at least 4 members (excludes halogenated alkanes) is 2. The third-order valence-corrected chi connectivity index (χ3v) is 4.23. The molecule has 1 saturated heterocycles. The molecule has 0 spiro atoms. The number of rotatable bonds is 6. The Labute approximate surface area is 150 Å². The van der Waals surface area contributed by atoms with E-state index in [4.69, 9.17) is 11.6 Å². The van der Waals surface area contributed by atoms with Crippen LogP contribution in [-0.2, 0) is 0 Å². The van der Waals surface area contributed by atoms with Crippen molar-refractivity contribution >= 4 is 36.4 Å². The normalized spacial score (nSPS) is 16.5. The third-order valence-electron chi connectivity index (χ3n) is 3.99. The fourth-order valence-corrected chi connectivity index (χ4v) is 3.05. The lowest BCUT2D eigenvalue weighted by molar-refractivity contribution is 0.159. The highest BCUT2D eigenvalue weighted by Gasteiger charge is 2.24. The molecule has 2 nitrogen and oxygen atoms in total. The van der Waals surface area contributed by atoms with E-state index in [2.05, 4.69) is 17.1 Å². The Morgan fingerprint density at radius 3 is 2.50 bits per heavy atom. The molecule has 0 radical (unpaired) electrons. The SMILES string of the molecule is CCCCC[C@@H](c1ccc(Cl)cc1F)N1CCNCC1.Cl.Cl.